The number of carboxylic acid groups (broad SMARTS) is 2. The van der Waals surface area contributed by atoms with Crippen LogP contribution in [-0.4, -0.2) is 27.1 Å². The molecule has 25 heavy (non-hydrogen) atoms. The van der Waals surface area contributed by atoms with Gasteiger partial charge in [-0.1, -0.05) is 23.7 Å². The number of carbonyl (C=O) groups is 2. The lowest BCUT2D eigenvalue weighted by Crippen LogP contribution is -2.04. The van der Waals surface area contributed by atoms with E-state index in [-0.39, 0.29) is 24.4 Å². The third-order valence-electron chi connectivity index (χ3n) is 3.93. The van der Waals surface area contributed by atoms with Crippen molar-refractivity contribution in [3.05, 3.63) is 58.5 Å². The Bertz CT molecular complexity index is 979. The Morgan fingerprint density at radius 3 is 2.36 bits per heavy atom. The van der Waals surface area contributed by atoms with Crippen LogP contribution < -0.4 is 0 Å². The van der Waals surface area contributed by atoms with Gasteiger partial charge < -0.3 is 15.2 Å². The number of aromatic carboxylic acids is 1. The highest BCUT2D eigenvalue weighted by Gasteiger charge is 2.20. The molecule has 3 N–H and O–H groups in total. The highest BCUT2D eigenvalue weighted by molar-refractivity contribution is 6.36. The number of fused-ring (bicyclic) bond motifs is 1. The number of halogens is 2. The smallest absolute Gasteiger partial charge is 0.352 e. The first kappa shape index (κ1) is 17.0. The van der Waals surface area contributed by atoms with Gasteiger partial charge in [-0.25, -0.2) is 9.18 Å². The second-order valence-electron chi connectivity index (χ2n) is 5.56. The summed E-state index contributed by atoms with van der Waals surface area (Å²) in [6.07, 6.45) is -0.157. The molecule has 0 saturated carbocycles. The number of aryl methyl sites for hydroxylation is 1. The molecule has 1 heterocycles. The van der Waals surface area contributed by atoms with Gasteiger partial charge in [0.25, 0.3) is 0 Å². The normalized spacial score (nSPS) is 11.0. The molecule has 128 valence electrons. The number of carboxylic acids is 2. The molecule has 0 amide bonds. The van der Waals surface area contributed by atoms with E-state index in [2.05, 4.69) is 4.98 Å². The van der Waals surface area contributed by atoms with Crippen LogP contribution in [0.5, 0.6) is 0 Å². The van der Waals surface area contributed by atoms with Gasteiger partial charge in [-0.15, -0.1) is 0 Å². The van der Waals surface area contributed by atoms with Crippen molar-refractivity contribution in [3.63, 3.8) is 0 Å². The SMILES string of the molecule is O=C(O)CCc1c(C(=O)O)[nH]c2cc(-c3ccc(F)cc3)cc(Cl)c12. The number of aliphatic carboxylic acids is 1. The van der Waals surface area contributed by atoms with Crippen molar-refractivity contribution >= 4 is 34.4 Å². The van der Waals surface area contributed by atoms with Crippen molar-refractivity contribution in [2.75, 3.05) is 0 Å². The maximum Gasteiger partial charge on any atom is 0.352 e. The Hall–Kier alpha value is -2.86. The van der Waals surface area contributed by atoms with Gasteiger partial charge in [0.2, 0.25) is 0 Å². The van der Waals surface area contributed by atoms with Gasteiger partial charge in [0, 0.05) is 17.3 Å². The summed E-state index contributed by atoms with van der Waals surface area (Å²) in [6.45, 7) is 0. The predicted octanol–water partition coefficient (Wildman–Crippen LogP) is 4.34. The lowest BCUT2D eigenvalue weighted by atomic mass is 10.0. The molecule has 0 aliphatic carbocycles. The fourth-order valence-electron chi connectivity index (χ4n) is 2.82. The predicted molar refractivity (Wildman–Crippen MR) is 91.6 cm³/mol. The lowest BCUT2D eigenvalue weighted by Gasteiger charge is -2.05. The Balaban J connectivity index is 2.17. The van der Waals surface area contributed by atoms with E-state index in [4.69, 9.17) is 16.7 Å². The summed E-state index contributed by atoms with van der Waals surface area (Å²) in [4.78, 5) is 25.1. The number of aromatic amines is 1. The van der Waals surface area contributed by atoms with E-state index < -0.39 is 11.9 Å². The van der Waals surface area contributed by atoms with Crippen LogP contribution in [0.3, 0.4) is 0 Å². The highest BCUT2D eigenvalue weighted by atomic mass is 35.5. The molecule has 2 aromatic carbocycles. The van der Waals surface area contributed by atoms with Gasteiger partial charge in [0.05, 0.1) is 5.02 Å². The van der Waals surface area contributed by atoms with Crippen LogP contribution in [-0.2, 0) is 11.2 Å². The molecule has 0 spiro atoms. The van der Waals surface area contributed by atoms with E-state index in [1.165, 1.54) is 12.1 Å². The number of hydrogen-bond donors (Lipinski definition) is 3. The van der Waals surface area contributed by atoms with E-state index in [0.717, 1.165) is 5.56 Å². The molecule has 1 aromatic heterocycles. The molecule has 0 aliphatic rings. The summed E-state index contributed by atoms with van der Waals surface area (Å²) in [7, 11) is 0. The summed E-state index contributed by atoms with van der Waals surface area (Å²) < 4.78 is 13.1. The van der Waals surface area contributed by atoms with Gasteiger partial charge in [0.1, 0.15) is 11.5 Å². The van der Waals surface area contributed by atoms with Crippen LogP contribution in [0.25, 0.3) is 22.0 Å². The Labute approximate surface area is 146 Å². The molecule has 7 heteroatoms. The molecule has 3 aromatic rings. The number of hydrogen-bond acceptors (Lipinski definition) is 2. The lowest BCUT2D eigenvalue weighted by molar-refractivity contribution is -0.136. The third-order valence-corrected chi connectivity index (χ3v) is 4.23. The van der Waals surface area contributed by atoms with Gasteiger partial charge in [-0.3, -0.25) is 4.79 Å². The molecular formula is C18H13ClFNO4. The number of aromatic nitrogens is 1. The monoisotopic (exact) mass is 361 g/mol. The van der Waals surface area contributed by atoms with Gasteiger partial charge >= 0.3 is 11.9 Å². The Kier molecular flexibility index (Phi) is 4.46. The first-order valence-corrected chi connectivity index (χ1v) is 7.79. The number of benzene rings is 2. The topological polar surface area (TPSA) is 90.4 Å². The summed E-state index contributed by atoms with van der Waals surface area (Å²) in [6, 6.07) is 9.21. The highest BCUT2D eigenvalue weighted by Crippen LogP contribution is 2.35. The summed E-state index contributed by atoms with van der Waals surface area (Å²) >= 11 is 6.35. The number of rotatable bonds is 5. The second kappa shape index (κ2) is 6.57. The van der Waals surface area contributed by atoms with E-state index >= 15 is 0 Å². The molecule has 3 rings (SSSR count). The van der Waals surface area contributed by atoms with Crippen molar-refractivity contribution in [2.24, 2.45) is 0 Å². The average molecular weight is 362 g/mol. The van der Waals surface area contributed by atoms with E-state index in [0.29, 0.717) is 27.1 Å². The Morgan fingerprint density at radius 1 is 1.08 bits per heavy atom. The molecule has 0 saturated heterocycles. The van der Waals surface area contributed by atoms with Gasteiger partial charge in [-0.2, -0.15) is 0 Å². The molecule has 0 radical (unpaired) electrons. The standard InChI is InChI=1S/C18H13ClFNO4/c19-13-7-10(9-1-3-11(20)4-2-9)8-14-16(13)12(5-6-15(22)23)17(21-14)18(24)25/h1-4,7-8,21H,5-6H2,(H,22,23)(H,24,25). The van der Waals surface area contributed by atoms with Gasteiger partial charge in [0.15, 0.2) is 0 Å². The molecular weight excluding hydrogens is 349 g/mol. The zero-order valence-electron chi connectivity index (χ0n) is 12.8. The summed E-state index contributed by atoms with van der Waals surface area (Å²) in [5.74, 6) is -2.57. The molecule has 0 bridgehead atoms. The van der Waals surface area contributed by atoms with Crippen molar-refractivity contribution in [1.29, 1.82) is 0 Å². The van der Waals surface area contributed by atoms with Crippen molar-refractivity contribution < 1.29 is 24.2 Å². The van der Waals surface area contributed by atoms with Crippen molar-refractivity contribution in [1.82, 2.24) is 4.98 Å². The third kappa shape index (κ3) is 3.34. The quantitative estimate of drug-likeness (QED) is 0.630. The van der Waals surface area contributed by atoms with E-state index in [1.807, 2.05) is 0 Å². The van der Waals surface area contributed by atoms with Crippen LogP contribution in [0.15, 0.2) is 36.4 Å². The minimum absolute atomic E-state index is 0.0482. The fourth-order valence-corrected chi connectivity index (χ4v) is 3.15. The van der Waals surface area contributed by atoms with Gasteiger partial charge in [-0.05, 0) is 47.4 Å². The first-order valence-electron chi connectivity index (χ1n) is 7.42. The minimum atomic E-state index is -1.18. The van der Waals surface area contributed by atoms with Crippen molar-refractivity contribution in [2.45, 2.75) is 12.8 Å². The second-order valence-corrected chi connectivity index (χ2v) is 5.97. The zero-order chi connectivity index (χ0) is 18.1. The van der Waals surface area contributed by atoms with Crippen LogP contribution in [0, 0.1) is 5.82 Å². The average Bonchev–Trinajstić information content (AvgIpc) is 2.93. The van der Waals surface area contributed by atoms with Crippen LogP contribution in [0.4, 0.5) is 4.39 Å². The zero-order valence-corrected chi connectivity index (χ0v) is 13.6. The molecule has 0 atom stereocenters. The van der Waals surface area contributed by atoms with E-state index in [9.17, 15) is 19.1 Å². The number of H-pyrrole nitrogens is 1. The van der Waals surface area contributed by atoms with E-state index in [1.54, 1.807) is 24.3 Å². The van der Waals surface area contributed by atoms with Crippen molar-refractivity contribution in [3.8, 4) is 11.1 Å². The summed E-state index contributed by atoms with van der Waals surface area (Å²) in [5.41, 5.74) is 2.20. The Morgan fingerprint density at radius 2 is 1.76 bits per heavy atom. The first-order chi connectivity index (χ1) is 11.9. The maximum absolute atomic E-state index is 13.1. The fraction of sp³-hybridized carbons (Fsp3) is 0.111. The van der Waals surface area contributed by atoms with Crippen LogP contribution in [0.2, 0.25) is 5.02 Å². The summed E-state index contributed by atoms with van der Waals surface area (Å²) in [5, 5.41) is 19.1. The maximum atomic E-state index is 13.1. The molecule has 5 nitrogen and oxygen atoms in total. The molecule has 0 aliphatic heterocycles. The van der Waals surface area contributed by atoms with Crippen LogP contribution in [0.1, 0.15) is 22.5 Å². The largest absolute Gasteiger partial charge is 0.481 e. The number of nitrogens with one attached hydrogen (secondary N) is 1. The minimum Gasteiger partial charge on any atom is -0.481 e. The molecule has 0 fully saturated rings. The molecule has 0 unspecified atom stereocenters. The van der Waals surface area contributed by atoms with Crippen LogP contribution >= 0.6 is 11.6 Å².